The third-order valence-corrected chi connectivity index (χ3v) is 4.97. The average Bonchev–Trinajstić information content (AvgIpc) is 3.14. The highest BCUT2D eigenvalue weighted by Crippen LogP contribution is 2.31. The largest absolute Gasteiger partial charge is 0.323 e. The maximum absolute atomic E-state index is 13.5. The average molecular weight is 338 g/mol. The summed E-state index contributed by atoms with van der Waals surface area (Å²) in [6.07, 6.45) is 3.97. The number of likely N-dealkylation sites (N-methyl/N-ethyl adjacent to an activating group) is 1. The minimum Gasteiger partial charge on any atom is -0.323 e. The van der Waals surface area contributed by atoms with Gasteiger partial charge in [0.05, 0.1) is 5.69 Å². The van der Waals surface area contributed by atoms with E-state index in [0.717, 1.165) is 24.7 Å². The van der Waals surface area contributed by atoms with Crippen molar-refractivity contribution in [1.82, 2.24) is 15.8 Å². The van der Waals surface area contributed by atoms with E-state index in [9.17, 15) is 13.6 Å². The highest BCUT2D eigenvalue weighted by atomic mass is 19.1. The van der Waals surface area contributed by atoms with E-state index in [1.807, 2.05) is 7.05 Å². The third kappa shape index (κ3) is 4.09. The van der Waals surface area contributed by atoms with Crippen LogP contribution in [-0.4, -0.2) is 43.0 Å². The number of fused-ring (bicyclic) bond motifs is 1. The number of nitrogens with zero attached hydrogens (tertiary/aromatic N) is 1. The molecule has 1 aromatic carbocycles. The lowest BCUT2D eigenvalue weighted by atomic mass is 9.97. The predicted octanol–water partition coefficient (Wildman–Crippen LogP) is 1.87. The van der Waals surface area contributed by atoms with Gasteiger partial charge in [0.2, 0.25) is 5.91 Å². The number of hydrogen-bond donors (Lipinski definition) is 3. The van der Waals surface area contributed by atoms with Crippen molar-refractivity contribution in [1.29, 1.82) is 0 Å². The number of hydrazine groups is 1. The lowest BCUT2D eigenvalue weighted by molar-refractivity contribution is -0.116. The number of rotatable bonds is 6. The number of nitrogens with one attached hydrogen (secondary N) is 3. The topological polar surface area (TPSA) is 56.4 Å². The summed E-state index contributed by atoms with van der Waals surface area (Å²) in [5.74, 6) is -0.869. The summed E-state index contributed by atoms with van der Waals surface area (Å²) in [7, 11) is 1.97. The summed E-state index contributed by atoms with van der Waals surface area (Å²) in [5, 5.41) is 2.43. The molecule has 24 heavy (non-hydrogen) atoms. The predicted molar refractivity (Wildman–Crippen MR) is 88.3 cm³/mol. The van der Waals surface area contributed by atoms with Crippen LogP contribution in [0.5, 0.6) is 0 Å². The van der Waals surface area contributed by atoms with E-state index >= 15 is 0 Å². The molecule has 2 aliphatic rings. The third-order valence-electron chi connectivity index (χ3n) is 4.97. The number of benzene rings is 1. The second-order valence-corrected chi connectivity index (χ2v) is 6.78. The molecule has 3 unspecified atom stereocenters. The first kappa shape index (κ1) is 17.3. The van der Waals surface area contributed by atoms with Gasteiger partial charge >= 0.3 is 0 Å². The second kappa shape index (κ2) is 7.55. The number of anilines is 1. The van der Waals surface area contributed by atoms with Crippen molar-refractivity contribution in [2.24, 2.45) is 5.92 Å². The number of carbonyl (C=O) groups is 1. The molecule has 1 saturated carbocycles. The maximum Gasteiger partial charge on any atom is 0.225 e. The molecule has 1 aliphatic carbocycles. The number of halogens is 2. The highest BCUT2D eigenvalue weighted by molar-refractivity contribution is 5.90. The molecule has 0 radical (unpaired) electrons. The highest BCUT2D eigenvalue weighted by Gasteiger charge is 2.39. The van der Waals surface area contributed by atoms with Crippen LogP contribution in [0.15, 0.2) is 18.2 Å². The summed E-state index contributed by atoms with van der Waals surface area (Å²) in [5.41, 5.74) is 6.58. The molecule has 0 bridgehead atoms. The molecule has 1 aromatic rings. The molecule has 0 spiro atoms. The molecule has 3 atom stereocenters. The Labute approximate surface area is 140 Å². The summed E-state index contributed by atoms with van der Waals surface area (Å²) in [6, 6.07) is 3.99. The molecule has 3 rings (SSSR count). The molecule has 1 saturated heterocycles. The molecular formula is C17H24F2N4O. The summed E-state index contributed by atoms with van der Waals surface area (Å²) in [4.78, 5) is 14.0. The maximum atomic E-state index is 13.5. The first-order chi connectivity index (χ1) is 11.5. The molecule has 3 N–H and O–H groups in total. The first-order valence-electron chi connectivity index (χ1n) is 8.47. The van der Waals surface area contributed by atoms with Gasteiger partial charge in [0.1, 0.15) is 11.6 Å². The van der Waals surface area contributed by atoms with Crippen LogP contribution in [0.3, 0.4) is 0 Å². The lowest BCUT2D eigenvalue weighted by Gasteiger charge is -2.24. The van der Waals surface area contributed by atoms with Gasteiger partial charge in [0.25, 0.3) is 0 Å². The normalized spacial score (nSPS) is 25.9. The fourth-order valence-electron chi connectivity index (χ4n) is 3.68. The molecule has 1 amide bonds. The number of amides is 1. The van der Waals surface area contributed by atoms with Gasteiger partial charge in [0.15, 0.2) is 0 Å². The SMILES string of the molecule is CN(CCC(=O)Nc1cc(F)ccc1F)CC1NNC2CCCC21. The van der Waals surface area contributed by atoms with Crippen LogP contribution in [0.4, 0.5) is 14.5 Å². The Morgan fingerprint density at radius 2 is 2.17 bits per heavy atom. The van der Waals surface area contributed by atoms with Crippen LogP contribution < -0.4 is 16.2 Å². The zero-order valence-corrected chi connectivity index (χ0v) is 13.8. The Morgan fingerprint density at radius 3 is 3.00 bits per heavy atom. The van der Waals surface area contributed by atoms with Crippen LogP contribution in [-0.2, 0) is 4.79 Å². The second-order valence-electron chi connectivity index (χ2n) is 6.78. The summed E-state index contributed by atoms with van der Waals surface area (Å²) in [6.45, 7) is 1.42. The Kier molecular flexibility index (Phi) is 5.43. The molecule has 0 aromatic heterocycles. The Bertz CT molecular complexity index is 598. The Hall–Kier alpha value is -1.57. The van der Waals surface area contributed by atoms with Gasteiger partial charge in [-0.05, 0) is 37.9 Å². The van der Waals surface area contributed by atoms with Crippen molar-refractivity contribution in [3.05, 3.63) is 29.8 Å². The number of carbonyl (C=O) groups excluding carboxylic acids is 1. The van der Waals surface area contributed by atoms with Gasteiger partial charge in [-0.2, -0.15) is 0 Å². The van der Waals surface area contributed by atoms with Gasteiger partial charge in [-0.1, -0.05) is 6.42 Å². The van der Waals surface area contributed by atoms with Crippen molar-refractivity contribution in [3.8, 4) is 0 Å². The smallest absolute Gasteiger partial charge is 0.225 e. The van der Waals surface area contributed by atoms with Crippen LogP contribution in [0.25, 0.3) is 0 Å². The minimum absolute atomic E-state index is 0.113. The van der Waals surface area contributed by atoms with Crippen molar-refractivity contribution in [2.45, 2.75) is 37.8 Å². The fraction of sp³-hybridized carbons (Fsp3) is 0.588. The van der Waals surface area contributed by atoms with E-state index in [1.54, 1.807) is 0 Å². The monoisotopic (exact) mass is 338 g/mol. The van der Waals surface area contributed by atoms with Gasteiger partial charge < -0.3 is 10.2 Å². The van der Waals surface area contributed by atoms with Gasteiger partial charge in [0, 0.05) is 37.7 Å². The zero-order chi connectivity index (χ0) is 17.1. The van der Waals surface area contributed by atoms with Gasteiger partial charge in [-0.3, -0.25) is 15.6 Å². The molecule has 1 aliphatic heterocycles. The van der Waals surface area contributed by atoms with E-state index in [1.165, 1.54) is 19.3 Å². The Morgan fingerprint density at radius 1 is 1.33 bits per heavy atom. The van der Waals surface area contributed by atoms with Crippen molar-refractivity contribution in [2.75, 3.05) is 25.5 Å². The first-order valence-corrected chi connectivity index (χ1v) is 8.47. The van der Waals surface area contributed by atoms with Gasteiger partial charge in [-0.25, -0.2) is 8.78 Å². The summed E-state index contributed by atoms with van der Waals surface area (Å²) < 4.78 is 26.6. The van der Waals surface area contributed by atoms with Crippen molar-refractivity contribution in [3.63, 3.8) is 0 Å². The standard InChI is InChI=1S/C17H24F2N4O/c1-23(10-16-12-3-2-4-14(12)21-22-16)8-7-17(24)20-15-9-11(18)5-6-13(15)19/h5-6,9,12,14,16,21-22H,2-4,7-8,10H2,1H3,(H,20,24). The van der Waals surface area contributed by atoms with Crippen LogP contribution in [0.2, 0.25) is 0 Å². The van der Waals surface area contributed by atoms with Crippen LogP contribution in [0, 0.1) is 17.6 Å². The van der Waals surface area contributed by atoms with E-state index in [0.29, 0.717) is 24.5 Å². The molecule has 132 valence electrons. The quantitative estimate of drug-likeness (QED) is 0.741. The molecule has 7 heteroatoms. The molecule has 1 heterocycles. The number of hydrogen-bond acceptors (Lipinski definition) is 4. The lowest BCUT2D eigenvalue weighted by Crippen LogP contribution is -2.42. The van der Waals surface area contributed by atoms with E-state index < -0.39 is 11.6 Å². The van der Waals surface area contributed by atoms with Crippen molar-refractivity contribution >= 4 is 11.6 Å². The van der Waals surface area contributed by atoms with Crippen molar-refractivity contribution < 1.29 is 13.6 Å². The molecule has 5 nitrogen and oxygen atoms in total. The fourth-order valence-corrected chi connectivity index (χ4v) is 3.68. The summed E-state index contributed by atoms with van der Waals surface area (Å²) >= 11 is 0. The Balaban J connectivity index is 1.43. The minimum atomic E-state index is -0.633. The van der Waals surface area contributed by atoms with E-state index in [2.05, 4.69) is 21.1 Å². The van der Waals surface area contributed by atoms with Crippen LogP contribution >= 0.6 is 0 Å². The van der Waals surface area contributed by atoms with Crippen LogP contribution in [0.1, 0.15) is 25.7 Å². The van der Waals surface area contributed by atoms with Gasteiger partial charge in [-0.15, -0.1) is 0 Å². The van der Waals surface area contributed by atoms with E-state index in [-0.39, 0.29) is 18.0 Å². The molecular weight excluding hydrogens is 314 g/mol. The molecule has 2 fully saturated rings. The van der Waals surface area contributed by atoms with E-state index in [4.69, 9.17) is 0 Å². The zero-order valence-electron chi connectivity index (χ0n) is 13.8.